The number of aliphatic hydroxyl groups is 1. The van der Waals surface area contributed by atoms with Crippen molar-refractivity contribution in [2.24, 2.45) is 0 Å². The molecule has 11 heteroatoms. The van der Waals surface area contributed by atoms with E-state index in [-0.39, 0.29) is 16.5 Å². The topological polar surface area (TPSA) is 81.6 Å². The predicted octanol–water partition coefficient (Wildman–Crippen LogP) is 3.91. The quantitative estimate of drug-likeness (QED) is 0.629. The first-order chi connectivity index (χ1) is 14.9. The Balaban J connectivity index is 1.38. The number of nitrogens with zero attached hydrogens (tertiary/aromatic N) is 4. The van der Waals surface area contributed by atoms with Crippen molar-refractivity contribution in [1.29, 1.82) is 0 Å². The summed E-state index contributed by atoms with van der Waals surface area (Å²) in [6, 6.07) is 2.92. The Morgan fingerprint density at radius 1 is 1.16 bits per heavy atom. The first-order valence-corrected chi connectivity index (χ1v) is 10.6. The highest BCUT2D eigenvalue weighted by Crippen LogP contribution is 2.28. The SMILES string of the molecule is CCC(O)c1cnc(N2CCN(C(=O)Nc3nc4cc(F)c(F)cc4s3)CC2)c(F)c1. The molecule has 0 spiro atoms. The number of amides is 2. The Labute approximate surface area is 180 Å². The number of benzene rings is 1. The highest BCUT2D eigenvalue weighted by atomic mass is 32.1. The fourth-order valence-electron chi connectivity index (χ4n) is 3.37. The Morgan fingerprint density at radius 2 is 1.87 bits per heavy atom. The summed E-state index contributed by atoms with van der Waals surface area (Å²) in [6.45, 7) is 3.22. The maximum absolute atomic E-state index is 14.5. The molecular formula is C20H20F3N5O2S. The molecule has 0 aliphatic carbocycles. The summed E-state index contributed by atoms with van der Waals surface area (Å²) in [5.41, 5.74) is 0.694. The van der Waals surface area contributed by atoms with E-state index in [4.69, 9.17) is 0 Å². The van der Waals surface area contributed by atoms with Crippen LogP contribution in [-0.2, 0) is 0 Å². The molecule has 4 rings (SSSR count). The lowest BCUT2D eigenvalue weighted by Gasteiger charge is -2.35. The van der Waals surface area contributed by atoms with E-state index in [0.717, 1.165) is 23.5 Å². The molecule has 0 saturated carbocycles. The molecule has 31 heavy (non-hydrogen) atoms. The van der Waals surface area contributed by atoms with Gasteiger partial charge in [-0.05, 0) is 18.6 Å². The van der Waals surface area contributed by atoms with Crippen molar-refractivity contribution >= 4 is 38.5 Å². The summed E-state index contributed by atoms with van der Waals surface area (Å²) in [7, 11) is 0. The van der Waals surface area contributed by atoms with E-state index in [1.807, 2.05) is 0 Å². The molecule has 2 N–H and O–H groups in total. The van der Waals surface area contributed by atoms with E-state index < -0.39 is 29.6 Å². The number of fused-ring (bicyclic) bond motifs is 1. The lowest BCUT2D eigenvalue weighted by molar-refractivity contribution is 0.173. The van der Waals surface area contributed by atoms with E-state index in [1.54, 1.807) is 16.7 Å². The molecule has 1 saturated heterocycles. The summed E-state index contributed by atoms with van der Waals surface area (Å²) in [6.07, 6.45) is 1.17. The van der Waals surface area contributed by atoms with E-state index in [9.17, 15) is 23.1 Å². The highest BCUT2D eigenvalue weighted by molar-refractivity contribution is 7.22. The first kappa shape index (κ1) is 21.3. The van der Waals surface area contributed by atoms with E-state index in [1.165, 1.54) is 12.3 Å². The average molecular weight is 451 g/mol. The summed E-state index contributed by atoms with van der Waals surface area (Å²) < 4.78 is 41.6. The zero-order valence-electron chi connectivity index (χ0n) is 16.6. The molecular weight excluding hydrogens is 431 g/mol. The number of halogens is 3. The number of anilines is 2. The Morgan fingerprint density at radius 3 is 2.55 bits per heavy atom. The molecule has 2 aromatic heterocycles. The fourth-order valence-corrected chi connectivity index (χ4v) is 4.23. The van der Waals surface area contributed by atoms with Gasteiger partial charge in [-0.15, -0.1) is 0 Å². The van der Waals surface area contributed by atoms with Gasteiger partial charge in [-0.2, -0.15) is 0 Å². The van der Waals surface area contributed by atoms with Crippen LogP contribution < -0.4 is 10.2 Å². The molecule has 3 aromatic rings. The molecule has 7 nitrogen and oxygen atoms in total. The molecule has 1 aliphatic rings. The summed E-state index contributed by atoms with van der Waals surface area (Å²) in [5.74, 6) is -2.30. The standard InChI is InChI=1S/C20H20F3N5O2S/c1-2-16(29)11-7-14(23)18(24-10-11)27-3-5-28(6-4-27)20(30)26-19-25-15-8-12(21)13(22)9-17(15)31-19/h7-10,16,29H,2-6H2,1H3,(H,25,26,30). The van der Waals surface area contributed by atoms with Crippen molar-refractivity contribution < 1.29 is 23.1 Å². The number of hydrogen-bond acceptors (Lipinski definition) is 6. The van der Waals surface area contributed by atoms with Crippen LogP contribution in [0.25, 0.3) is 10.2 Å². The van der Waals surface area contributed by atoms with Crippen LogP contribution in [0.15, 0.2) is 24.4 Å². The number of aromatic nitrogens is 2. The largest absolute Gasteiger partial charge is 0.388 e. The minimum Gasteiger partial charge on any atom is -0.388 e. The van der Waals surface area contributed by atoms with Gasteiger partial charge in [-0.1, -0.05) is 18.3 Å². The normalized spacial score (nSPS) is 15.4. The van der Waals surface area contributed by atoms with Crippen molar-refractivity contribution in [3.8, 4) is 0 Å². The maximum Gasteiger partial charge on any atom is 0.323 e. The Hall–Kier alpha value is -2.92. The van der Waals surface area contributed by atoms with Gasteiger partial charge in [0.05, 0.1) is 16.3 Å². The molecule has 164 valence electrons. The number of piperazine rings is 1. The zero-order valence-corrected chi connectivity index (χ0v) is 17.4. The van der Waals surface area contributed by atoms with Gasteiger partial charge in [0.15, 0.2) is 28.4 Å². The summed E-state index contributed by atoms with van der Waals surface area (Å²) in [5, 5.41) is 12.7. The second-order valence-electron chi connectivity index (χ2n) is 7.16. The molecule has 1 unspecified atom stereocenters. The number of hydrogen-bond donors (Lipinski definition) is 2. The van der Waals surface area contributed by atoms with Crippen LogP contribution in [0, 0.1) is 17.5 Å². The summed E-state index contributed by atoms with van der Waals surface area (Å²) in [4.78, 5) is 24.1. The van der Waals surface area contributed by atoms with Gasteiger partial charge >= 0.3 is 6.03 Å². The number of aliphatic hydroxyl groups excluding tert-OH is 1. The molecule has 0 bridgehead atoms. The highest BCUT2D eigenvalue weighted by Gasteiger charge is 2.25. The number of pyridine rings is 1. The lowest BCUT2D eigenvalue weighted by Crippen LogP contribution is -2.50. The number of urea groups is 1. The fraction of sp³-hybridized carbons (Fsp3) is 0.350. The maximum atomic E-state index is 14.5. The lowest BCUT2D eigenvalue weighted by atomic mass is 10.1. The molecule has 3 heterocycles. The van der Waals surface area contributed by atoms with Crippen molar-refractivity contribution in [1.82, 2.24) is 14.9 Å². The van der Waals surface area contributed by atoms with E-state index >= 15 is 0 Å². The van der Waals surface area contributed by atoms with Crippen LogP contribution in [-0.4, -0.2) is 52.2 Å². The Bertz CT molecular complexity index is 1080. The predicted molar refractivity (Wildman–Crippen MR) is 112 cm³/mol. The van der Waals surface area contributed by atoms with Crippen LogP contribution in [0.3, 0.4) is 0 Å². The molecule has 1 aliphatic heterocycles. The third-order valence-electron chi connectivity index (χ3n) is 5.13. The Kier molecular flexibility index (Phi) is 5.96. The van der Waals surface area contributed by atoms with Crippen molar-refractivity contribution in [3.05, 3.63) is 47.4 Å². The third-order valence-corrected chi connectivity index (χ3v) is 6.06. The average Bonchev–Trinajstić information content (AvgIpc) is 3.14. The number of rotatable bonds is 4. The smallest absolute Gasteiger partial charge is 0.323 e. The van der Waals surface area contributed by atoms with Gasteiger partial charge in [0.25, 0.3) is 0 Å². The molecule has 0 radical (unpaired) electrons. The van der Waals surface area contributed by atoms with Gasteiger partial charge in [0, 0.05) is 44.0 Å². The van der Waals surface area contributed by atoms with Crippen molar-refractivity contribution in [3.63, 3.8) is 0 Å². The monoisotopic (exact) mass is 451 g/mol. The number of carbonyl (C=O) groups is 1. The van der Waals surface area contributed by atoms with E-state index in [2.05, 4.69) is 15.3 Å². The zero-order chi connectivity index (χ0) is 22.1. The molecule has 1 atom stereocenters. The van der Waals surface area contributed by atoms with Gasteiger partial charge in [0.1, 0.15) is 0 Å². The van der Waals surface area contributed by atoms with Gasteiger partial charge in [0.2, 0.25) is 0 Å². The van der Waals surface area contributed by atoms with Crippen LogP contribution in [0.1, 0.15) is 25.0 Å². The van der Waals surface area contributed by atoms with Crippen molar-refractivity contribution in [2.45, 2.75) is 19.4 Å². The first-order valence-electron chi connectivity index (χ1n) is 9.75. The minimum absolute atomic E-state index is 0.183. The van der Waals surface area contributed by atoms with Gasteiger partial charge < -0.3 is 14.9 Å². The minimum atomic E-state index is -0.995. The van der Waals surface area contributed by atoms with Crippen LogP contribution in [0.2, 0.25) is 0 Å². The van der Waals surface area contributed by atoms with Crippen LogP contribution in [0.5, 0.6) is 0 Å². The number of thiazole rings is 1. The van der Waals surface area contributed by atoms with E-state index in [0.29, 0.717) is 42.9 Å². The molecule has 1 fully saturated rings. The van der Waals surface area contributed by atoms with Crippen LogP contribution in [0.4, 0.5) is 28.9 Å². The molecule has 1 aromatic carbocycles. The number of nitrogens with one attached hydrogen (secondary N) is 1. The van der Waals surface area contributed by atoms with Crippen molar-refractivity contribution in [2.75, 3.05) is 36.4 Å². The molecule has 2 amide bonds. The van der Waals surface area contributed by atoms with Gasteiger partial charge in [-0.3, -0.25) is 5.32 Å². The second kappa shape index (κ2) is 8.67. The van der Waals surface area contributed by atoms with Gasteiger partial charge in [-0.25, -0.2) is 27.9 Å². The number of carbonyl (C=O) groups excluding carboxylic acids is 1. The second-order valence-corrected chi connectivity index (χ2v) is 8.19. The summed E-state index contributed by atoms with van der Waals surface area (Å²) >= 11 is 1.05. The third kappa shape index (κ3) is 4.42. The van der Waals surface area contributed by atoms with Crippen LogP contribution >= 0.6 is 11.3 Å².